The lowest BCUT2D eigenvalue weighted by molar-refractivity contribution is 0.668. The molecule has 0 fully saturated rings. The second-order valence-electron chi connectivity index (χ2n) is 14.3. The van der Waals surface area contributed by atoms with E-state index in [0.717, 1.165) is 82.6 Å². The van der Waals surface area contributed by atoms with E-state index < -0.39 is 0 Å². The van der Waals surface area contributed by atoms with Crippen molar-refractivity contribution >= 4 is 104 Å². The minimum Gasteiger partial charge on any atom is -0.456 e. The number of anilines is 3. The van der Waals surface area contributed by atoms with Crippen molar-refractivity contribution in [2.45, 2.75) is 0 Å². The topological polar surface area (TPSA) is 42.4 Å². The molecule has 0 bridgehead atoms. The van der Waals surface area contributed by atoms with Gasteiger partial charge in [0.05, 0.1) is 10.2 Å². The van der Waals surface area contributed by atoms with E-state index in [1.807, 2.05) is 12.1 Å². The first-order chi connectivity index (χ1) is 27.7. The zero-order valence-electron chi connectivity index (χ0n) is 29.9. The Labute approximate surface area is 325 Å². The maximum atomic E-state index is 6.71. The minimum atomic E-state index is 0.821. The molecule has 4 nitrogen and oxygen atoms in total. The molecule has 0 saturated heterocycles. The molecule has 3 heterocycles. The maximum absolute atomic E-state index is 6.71. The monoisotopic (exact) mass is 734 g/mol. The molecule has 0 unspecified atom stereocenters. The van der Waals surface area contributed by atoms with Crippen LogP contribution in [-0.2, 0) is 0 Å². The van der Waals surface area contributed by atoms with Crippen molar-refractivity contribution in [1.82, 2.24) is 4.98 Å². The number of para-hydroxylation sites is 1. The molecule has 56 heavy (non-hydrogen) atoms. The lowest BCUT2D eigenvalue weighted by atomic mass is 9.97. The summed E-state index contributed by atoms with van der Waals surface area (Å²) < 4.78 is 14.1. The highest BCUT2D eigenvalue weighted by Gasteiger charge is 2.21. The Morgan fingerprint density at radius 1 is 0.411 bits per heavy atom. The molecule has 0 aliphatic rings. The molecule has 12 aromatic rings. The van der Waals surface area contributed by atoms with E-state index in [0.29, 0.717) is 0 Å². The van der Waals surface area contributed by atoms with Gasteiger partial charge in [-0.05, 0) is 87.9 Å². The van der Waals surface area contributed by atoms with Crippen LogP contribution < -0.4 is 4.90 Å². The first kappa shape index (κ1) is 31.2. The lowest BCUT2D eigenvalue weighted by Crippen LogP contribution is -2.10. The van der Waals surface area contributed by atoms with Crippen molar-refractivity contribution in [2.24, 2.45) is 0 Å². The molecule has 0 amide bonds. The predicted molar refractivity (Wildman–Crippen MR) is 235 cm³/mol. The predicted octanol–water partition coefficient (Wildman–Crippen LogP) is 15.2. The zero-order valence-corrected chi connectivity index (χ0v) is 30.8. The normalized spacial score (nSPS) is 11.9. The van der Waals surface area contributed by atoms with Crippen molar-refractivity contribution in [3.05, 3.63) is 182 Å². The van der Waals surface area contributed by atoms with Crippen LogP contribution in [0.4, 0.5) is 17.1 Å². The fourth-order valence-electron chi connectivity index (χ4n) is 8.50. The van der Waals surface area contributed by atoms with Crippen LogP contribution in [0.1, 0.15) is 0 Å². The highest BCUT2D eigenvalue weighted by molar-refractivity contribution is 7.21. The number of nitrogens with zero attached hydrogens (tertiary/aromatic N) is 2. The summed E-state index contributed by atoms with van der Waals surface area (Å²) in [5.41, 5.74) is 10.9. The summed E-state index contributed by atoms with van der Waals surface area (Å²) in [5, 5.41) is 10.1. The molecular weight excluding hydrogens is 705 g/mol. The highest BCUT2D eigenvalue weighted by Crippen LogP contribution is 2.45. The number of rotatable bonds is 5. The van der Waals surface area contributed by atoms with Gasteiger partial charge in [-0.15, -0.1) is 11.3 Å². The van der Waals surface area contributed by atoms with Crippen LogP contribution in [0.3, 0.4) is 0 Å². The number of thiazole rings is 1. The van der Waals surface area contributed by atoms with E-state index in [2.05, 4.69) is 175 Å². The molecule has 0 aliphatic heterocycles. The molecule has 9 aromatic carbocycles. The quantitative estimate of drug-likeness (QED) is 0.177. The molecule has 3 aromatic heterocycles. The Kier molecular flexibility index (Phi) is 6.76. The third-order valence-corrected chi connectivity index (χ3v) is 12.1. The van der Waals surface area contributed by atoms with E-state index in [1.165, 1.54) is 31.8 Å². The number of hydrogen-bond donors (Lipinski definition) is 0. The van der Waals surface area contributed by atoms with Crippen molar-refractivity contribution in [3.8, 4) is 21.7 Å². The summed E-state index contributed by atoms with van der Waals surface area (Å²) in [6, 6.07) is 64.4. The Morgan fingerprint density at radius 2 is 1.07 bits per heavy atom. The number of aromatic nitrogens is 1. The molecule has 0 saturated carbocycles. The van der Waals surface area contributed by atoms with Crippen molar-refractivity contribution in [2.75, 3.05) is 4.90 Å². The van der Waals surface area contributed by atoms with Gasteiger partial charge in [-0.25, -0.2) is 4.98 Å². The first-order valence-electron chi connectivity index (χ1n) is 18.8. The average molecular weight is 735 g/mol. The van der Waals surface area contributed by atoms with Crippen molar-refractivity contribution < 1.29 is 8.83 Å². The van der Waals surface area contributed by atoms with Crippen molar-refractivity contribution in [1.29, 1.82) is 0 Å². The summed E-state index contributed by atoms with van der Waals surface area (Å²) in [6.45, 7) is 0. The summed E-state index contributed by atoms with van der Waals surface area (Å²) in [6.07, 6.45) is 0. The van der Waals surface area contributed by atoms with Gasteiger partial charge in [0.1, 0.15) is 27.3 Å². The number of benzene rings is 9. The molecule has 0 radical (unpaired) electrons. The van der Waals surface area contributed by atoms with Gasteiger partial charge in [-0.2, -0.15) is 0 Å². The van der Waals surface area contributed by atoms with Crippen LogP contribution in [0.5, 0.6) is 0 Å². The Morgan fingerprint density at radius 3 is 2.00 bits per heavy atom. The zero-order chi connectivity index (χ0) is 36.7. The van der Waals surface area contributed by atoms with E-state index >= 15 is 0 Å². The summed E-state index contributed by atoms with van der Waals surface area (Å²) in [5.74, 6) is 0. The smallest absolute Gasteiger partial charge is 0.137 e. The first-order valence-corrected chi connectivity index (χ1v) is 19.6. The van der Waals surface area contributed by atoms with Crippen LogP contribution in [-0.4, -0.2) is 4.98 Å². The van der Waals surface area contributed by atoms with Crippen LogP contribution in [0.15, 0.2) is 191 Å². The van der Waals surface area contributed by atoms with Crippen LogP contribution in [0.25, 0.3) is 97.3 Å². The van der Waals surface area contributed by atoms with Crippen LogP contribution in [0, 0.1) is 0 Å². The summed E-state index contributed by atoms with van der Waals surface area (Å²) in [4.78, 5) is 7.55. The van der Waals surface area contributed by atoms with E-state index in [4.69, 9.17) is 13.8 Å². The Bertz CT molecular complexity index is 3510. The average Bonchev–Trinajstić information content (AvgIpc) is 3.97. The van der Waals surface area contributed by atoms with Gasteiger partial charge in [0.15, 0.2) is 0 Å². The van der Waals surface area contributed by atoms with E-state index in [-0.39, 0.29) is 0 Å². The third kappa shape index (κ3) is 4.81. The molecule has 0 N–H and O–H groups in total. The van der Waals surface area contributed by atoms with Crippen molar-refractivity contribution in [3.63, 3.8) is 0 Å². The molecule has 0 atom stereocenters. The molecule has 5 heteroatoms. The second-order valence-corrected chi connectivity index (χ2v) is 15.3. The molecule has 12 rings (SSSR count). The van der Waals surface area contributed by atoms with Gasteiger partial charge in [0.25, 0.3) is 0 Å². The fraction of sp³-hybridized carbons (Fsp3) is 0. The number of hydrogen-bond acceptors (Lipinski definition) is 5. The third-order valence-electron chi connectivity index (χ3n) is 11.1. The minimum absolute atomic E-state index is 0.821. The Hall–Kier alpha value is -7.21. The summed E-state index contributed by atoms with van der Waals surface area (Å²) in [7, 11) is 0. The Balaban J connectivity index is 1.05. The number of fused-ring (bicyclic) bond motifs is 10. The van der Waals surface area contributed by atoms with Gasteiger partial charge < -0.3 is 13.7 Å². The maximum Gasteiger partial charge on any atom is 0.137 e. The molecule has 0 spiro atoms. The molecular formula is C51H30N2O2S. The highest BCUT2D eigenvalue weighted by atomic mass is 32.1. The number of furan rings is 2. The van der Waals surface area contributed by atoms with Crippen LogP contribution in [0.2, 0.25) is 0 Å². The lowest BCUT2D eigenvalue weighted by Gasteiger charge is -2.26. The molecule has 0 aliphatic carbocycles. The summed E-state index contributed by atoms with van der Waals surface area (Å²) >= 11 is 1.73. The largest absolute Gasteiger partial charge is 0.456 e. The second kappa shape index (κ2) is 12.2. The van der Waals surface area contributed by atoms with Gasteiger partial charge in [-0.3, -0.25) is 0 Å². The van der Waals surface area contributed by atoms with E-state index in [1.54, 1.807) is 11.3 Å². The van der Waals surface area contributed by atoms with Gasteiger partial charge in [-0.1, -0.05) is 115 Å². The fourth-order valence-corrected chi connectivity index (χ4v) is 9.51. The SMILES string of the molecule is c1cc(-c2cccc3ccccc23)cc(N(c2ccc3c(c2)oc2cccc(-c4nc5c(ccc6ccccc65)s4)c23)c2ccc3oc4ccccc4c3c2)c1. The van der Waals surface area contributed by atoms with Gasteiger partial charge in [0.2, 0.25) is 0 Å². The van der Waals surface area contributed by atoms with E-state index in [9.17, 15) is 0 Å². The van der Waals surface area contributed by atoms with Gasteiger partial charge in [0, 0.05) is 55.6 Å². The standard InChI is InChI=1S/C51H30N2O2S/c1-3-15-37-31(10-1)12-8-18-38(37)33-13-7-14-34(28-33)53(35-24-26-45-43(29-35)40-17-5-6-20-44(40)54-45)36-23-25-41-47(30-36)55-46-21-9-19-42(49(41)46)51-52-50-39-16-4-2-11-32(39)22-27-48(50)56-51/h1-30H. The van der Waals surface area contributed by atoms with Crippen LogP contribution >= 0.6 is 11.3 Å². The van der Waals surface area contributed by atoms with Gasteiger partial charge >= 0.3 is 0 Å². The molecule has 262 valence electrons.